The van der Waals surface area contributed by atoms with E-state index >= 15 is 0 Å². The van der Waals surface area contributed by atoms with E-state index in [1.165, 1.54) is 12.8 Å². The van der Waals surface area contributed by atoms with E-state index in [0.29, 0.717) is 12.5 Å². The first kappa shape index (κ1) is 9.04. The third kappa shape index (κ3) is 3.23. The Hall–Kier alpha value is -0.0500. The summed E-state index contributed by atoms with van der Waals surface area (Å²) in [7, 11) is 0. The molecule has 1 atom stereocenters. The van der Waals surface area contributed by atoms with Gasteiger partial charge in [-0.1, -0.05) is 15.9 Å². The molecule has 0 spiro atoms. The minimum atomic E-state index is 0.168. The summed E-state index contributed by atoms with van der Waals surface area (Å²) in [6, 6.07) is 0.390. The molecule has 1 fully saturated rings. The molecule has 2 nitrogen and oxygen atoms in total. The van der Waals surface area contributed by atoms with E-state index in [1.807, 2.05) is 0 Å². The summed E-state index contributed by atoms with van der Waals surface area (Å²) < 4.78 is 0. The van der Waals surface area contributed by atoms with Gasteiger partial charge in [0, 0.05) is 17.8 Å². The fraction of sp³-hybridized carbons (Fsp3) is 0.875. The van der Waals surface area contributed by atoms with Gasteiger partial charge in [-0.15, -0.1) is 0 Å². The predicted molar refractivity (Wildman–Crippen MR) is 48.7 cm³/mol. The van der Waals surface area contributed by atoms with E-state index in [1.54, 1.807) is 0 Å². The lowest BCUT2D eigenvalue weighted by atomic mass is 10.2. The topological polar surface area (TPSA) is 29.1 Å². The molecular weight excluding hydrogens is 206 g/mol. The molecule has 64 valence electrons. The fourth-order valence-corrected chi connectivity index (χ4v) is 1.49. The van der Waals surface area contributed by atoms with Gasteiger partial charge in [0.25, 0.3) is 0 Å². The minimum absolute atomic E-state index is 0.168. The molecule has 0 heterocycles. The number of halogens is 1. The average molecular weight is 220 g/mol. The number of amides is 1. The van der Waals surface area contributed by atoms with Gasteiger partial charge in [0.15, 0.2) is 0 Å². The zero-order chi connectivity index (χ0) is 8.27. The lowest BCUT2D eigenvalue weighted by molar-refractivity contribution is -0.121. The van der Waals surface area contributed by atoms with Crippen LogP contribution in [0.1, 0.15) is 26.2 Å². The number of alkyl halides is 1. The number of nitrogens with one attached hydrogen (secondary N) is 1. The maximum atomic E-state index is 11.0. The average Bonchev–Trinajstić information content (AvgIpc) is 2.67. The first-order valence-electron chi connectivity index (χ1n) is 4.09. The van der Waals surface area contributed by atoms with E-state index < -0.39 is 0 Å². The maximum Gasteiger partial charge on any atom is 0.221 e. The number of carbonyl (C=O) groups is 1. The van der Waals surface area contributed by atoms with Gasteiger partial charge in [-0.05, 0) is 25.7 Å². The van der Waals surface area contributed by atoms with Gasteiger partial charge in [0.05, 0.1) is 0 Å². The quantitative estimate of drug-likeness (QED) is 0.717. The Kier molecular flexibility index (Phi) is 3.37. The third-order valence-electron chi connectivity index (χ3n) is 2.04. The van der Waals surface area contributed by atoms with Crippen LogP contribution in [0.25, 0.3) is 0 Å². The summed E-state index contributed by atoms with van der Waals surface area (Å²) in [5.41, 5.74) is 0. The molecule has 0 saturated heterocycles. The van der Waals surface area contributed by atoms with Crippen LogP contribution in [-0.2, 0) is 4.79 Å². The van der Waals surface area contributed by atoms with Crippen molar-refractivity contribution in [2.24, 2.45) is 5.92 Å². The molecule has 1 amide bonds. The normalized spacial score (nSPS) is 19.5. The van der Waals surface area contributed by atoms with Crippen LogP contribution in [0.3, 0.4) is 0 Å². The lowest BCUT2D eigenvalue weighted by Crippen LogP contribution is -2.33. The Labute approximate surface area is 75.9 Å². The SMILES string of the molecule is CC(NC(=O)CCBr)C1CC1. The summed E-state index contributed by atoms with van der Waals surface area (Å²) in [6.07, 6.45) is 3.17. The summed E-state index contributed by atoms with van der Waals surface area (Å²) in [5.74, 6) is 0.926. The largest absolute Gasteiger partial charge is 0.353 e. The number of hydrogen-bond donors (Lipinski definition) is 1. The van der Waals surface area contributed by atoms with Crippen molar-refractivity contribution in [1.82, 2.24) is 5.32 Å². The minimum Gasteiger partial charge on any atom is -0.353 e. The van der Waals surface area contributed by atoms with E-state index in [-0.39, 0.29) is 5.91 Å². The molecule has 0 aromatic rings. The van der Waals surface area contributed by atoms with Crippen molar-refractivity contribution < 1.29 is 4.79 Å². The lowest BCUT2D eigenvalue weighted by Gasteiger charge is -2.11. The maximum absolute atomic E-state index is 11.0. The number of rotatable bonds is 4. The molecule has 1 saturated carbocycles. The summed E-state index contributed by atoms with van der Waals surface area (Å²) in [4.78, 5) is 11.0. The van der Waals surface area contributed by atoms with E-state index in [4.69, 9.17) is 0 Å². The van der Waals surface area contributed by atoms with Crippen LogP contribution >= 0.6 is 15.9 Å². The molecule has 0 aliphatic heterocycles. The van der Waals surface area contributed by atoms with E-state index in [2.05, 4.69) is 28.2 Å². The molecule has 1 rings (SSSR count). The first-order valence-corrected chi connectivity index (χ1v) is 5.21. The van der Waals surface area contributed by atoms with Crippen LogP contribution in [-0.4, -0.2) is 17.3 Å². The number of carbonyl (C=O) groups excluding carboxylic acids is 1. The highest BCUT2D eigenvalue weighted by molar-refractivity contribution is 9.09. The fourth-order valence-electron chi connectivity index (χ4n) is 1.13. The molecule has 1 aliphatic rings. The molecule has 11 heavy (non-hydrogen) atoms. The molecule has 1 N–H and O–H groups in total. The van der Waals surface area contributed by atoms with E-state index in [9.17, 15) is 4.79 Å². The highest BCUT2D eigenvalue weighted by Gasteiger charge is 2.28. The van der Waals surface area contributed by atoms with Crippen molar-refractivity contribution in [3.8, 4) is 0 Å². The smallest absolute Gasteiger partial charge is 0.221 e. The Morgan fingerprint density at radius 3 is 2.82 bits per heavy atom. The van der Waals surface area contributed by atoms with Crippen LogP contribution < -0.4 is 5.32 Å². The summed E-state index contributed by atoms with van der Waals surface area (Å²) in [6.45, 7) is 2.09. The molecule has 3 heteroatoms. The summed E-state index contributed by atoms with van der Waals surface area (Å²) in [5, 5.41) is 3.73. The van der Waals surface area contributed by atoms with Crippen LogP contribution in [0.2, 0.25) is 0 Å². The molecule has 0 aromatic heterocycles. The molecule has 0 aromatic carbocycles. The second-order valence-electron chi connectivity index (χ2n) is 3.13. The summed E-state index contributed by atoms with van der Waals surface area (Å²) >= 11 is 3.23. The highest BCUT2D eigenvalue weighted by atomic mass is 79.9. The van der Waals surface area contributed by atoms with Gasteiger partial charge in [0.1, 0.15) is 0 Å². The van der Waals surface area contributed by atoms with Gasteiger partial charge in [-0.2, -0.15) is 0 Å². The molecule has 0 radical (unpaired) electrons. The first-order chi connectivity index (χ1) is 5.24. The van der Waals surface area contributed by atoms with Gasteiger partial charge < -0.3 is 5.32 Å². The van der Waals surface area contributed by atoms with Crippen LogP contribution in [0.4, 0.5) is 0 Å². The van der Waals surface area contributed by atoms with Gasteiger partial charge >= 0.3 is 0 Å². The monoisotopic (exact) mass is 219 g/mol. The van der Waals surface area contributed by atoms with Crippen molar-refractivity contribution in [2.75, 3.05) is 5.33 Å². The molecule has 1 unspecified atom stereocenters. The van der Waals surface area contributed by atoms with Gasteiger partial charge in [-0.3, -0.25) is 4.79 Å². The van der Waals surface area contributed by atoms with Crippen LogP contribution in [0, 0.1) is 5.92 Å². The Bertz CT molecular complexity index is 145. The Morgan fingerprint density at radius 2 is 2.36 bits per heavy atom. The van der Waals surface area contributed by atoms with Crippen LogP contribution in [0.5, 0.6) is 0 Å². The van der Waals surface area contributed by atoms with Gasteiger partial charge in [-0.25, -0.2) is 0 Å². The zero-order valence-corrected chi connectivity index (χ0v) is 8.36. The third-order valence-corrected chi connectivity index (χ3v) is 2.44. The highest BCUT2D eigenvalue weighted by Crippen LogP contribution is 2.32. The number of hydrogen-bond acceptors (Lipinski definition) is 1. The van der Waals surface area contributed by atoms with E-state index in [0.717, 1.165) is 11.2 Å². The molecule has 1 aliphatic carbocycles. The van der Waals surface area contributed by atoms with Crippen LogP contribution in [0.15, 0.2) is 0 Å². The Balaban J connectivity index is 2.12. The zero-order valence-electron chi connectivity index (χ0n) is 6.77. The Morgan fingerprint density at radius 1 is 1.73 bits per heavy atom. The standard InChI is InChI=1S/C8H14BrNO/c1-6(7-2-3-7)10-8(11)4-5-9/h6-7H,2-5H2,1H3,(H,10,11). The van der Waals surface area contributed by atoms with Crippen molar-refractivity contribution >= 4 is 21.8 Å². The van der Waals surface area contributed by atoms with Crippen molar-refractivity contribution in [2.45, 2.75) is 32.2 Å². The molecule has 0 bridgehead atoms. The predicted octanol–water partition coefficient (Wildman–Crippen LogP) is 1.69. The molecular formula is C8H14BrNO. The second-order valence-corrected chi connectivity index (χ2v) is 3.93. The van der Waals surface area contributed by atoms with Gasteiger partial charge in [0.2, 0.25) is 5.91 Å². The van der Waals surface area contributed by atoms with Crippen molar-refractivity contribution in [3.63, 3.8) is 0 Å². The second kappa shape index (κ2) is 4.10. The van der Waals surface area contributed by atoms with Crippen molar-refractivity contribution in [3.05, 3.63) is 0 Å². The van der Waals surface area contributed by atoms with Crippen molar-refractivity contribution in [1.29, 1.82) is 0 Å².